The van der Waals surface area contributed by atoms with Gasteiger partial charge in [-0.25, -0.2) is 4.79 Å². The standard InChI is InChI=1S/C22H16N2O4/c23-14-17-7-4-5-12-20(17)24-21(25)15-27-22(26)16-8-6-11-19(13-16)28-18-9-2-1-3-10-18/h1-13H,15H2,(H,24,25). The number of esters is 1. The van der Waals surface area contributed by atoms with Gasteiger partial charge in [0.2, 0.25) is 0 Å². The van der Waals surface area contributed by atoms with E-state index in [1.54, 1.807) is 54.6 Å². The lowest BCUT2D eigenvalue weighted by Gasteiger charge is -2.09. The minimum absolute atomic E-state index is 0.263. The third-order valence-corrected chi connectivity index (χ3v) is 3.70. The third-order valence-electron chi connectivity index (χ3n) is 3.70. The summed E-state index contributed by atoms with van der Waals surface area (Å²) in [5.74, 6) is -0.0634. The first-order valence-electron chi connectivity index (χ1n) is 8.45. The fourth-order valence-electron chi connectivity index (χ4n) is 2.40. The Morgan fingerprint density at radius 1 is 0.893 bits per heavy atom. The molecule has 6 heteroatoms. The molecular weight excluding hydrogens is 356 g/mol. The van der Waals surface area contributed by atoms with Crippen molar-refractivity contribution in [2.45, 2.75) is 0 Å². The van der Waals surface area contributed by atoms with Gasteiger partial charge in [0.25, 0.3) is 5.91 Å². The van der Waals surface area contributed by atoms with Gasteiger partial charge < -0.3 is 14.8 Å². The van der Waals surface area contributed by atoms with Gasteiger partial charge in [0.15, 0.2) is 6.61 Å². The maximum absolute atomic E-state index is 12.2. The topological polar surface area (TPSA) is 88.4 Å². The minimum Gasteiger partial charge on any atom is -0.457 e. The van der Waals surface area contributed by atoms with Crippen molar-refractivity contribution < 1.29 is 19.1 Å². The number of ether oxygens (including phenoxy) is 2. The summed E-state index contributed by atoms with van der Waals surface area (Å²) in [6.45, 7) is -0.470. The highest BCUT2D eigenvalue weighted by atomic mass is 16.5. The Hall–Kier alpha value is -4.11. The van der Waals surface area contributed by atoms with E-state index in [4.69, 9.17) is 14.7 Å². The quantitative estimate of drug-likeness (QED) is 0.657. The first kappa shape index (κ1) is 18.7. The summed E-state index contributed by atoms with van der Waals surface area (Å²) < 4.78 is 10.7. The van der Waals surface area contributed by atoms with Crippen LogP contribution in [0.5, 0.6) is 11.5 Å². The zero-order chi connectivity index (χ0) is 19.8. The van der Waals surface area contributed by atoms with Crippen molar-refractivity contribution in [1.82, 2.24) is 0 Å². The maximum Gasteiger partial charge on any atom is 0.338 e. The van der Waals surface area contributed by atoms with E-state index in [2.05, 4.69) is 5.32 Å². The molecule has 0 aliphatic heterocycles. The summed E-state index contributed by atoms with van der Waals surface area (Å²) in [7, 11) is 0. The highest BCUT2D eigenvalue weighted by Gasteiger charge is 2.12. The van der Waals surface area contributed by atoms with Crippen LogP contribution in [0.3, 0.4) is 0 Å². The lowest BCUT2D eigenvalue weighted by atomic mass is 10.2. The number of anilines is 1. The molecule has 1 amide bonds. The van der Waals surface area contributed by atoms with Crippen molar-refractivity contribution in [3.05, 3.63) is 90.0 Å². The number of nitriles is 1. The number of para-hydroxylation sites is 2. The molecule has 0 atom stereocenters. The van der Waals surface area contributed by atoms with Gasteiger partial charge >= 0.3 is 5.97 Å². The van der Waals surface area contributed by atoms with Gasteiger partial charge in [0.05, 0.1) is 16.8 Å². The third kappa shape index (κ3) is 4.96. The number of rotatable bonds is 6. The molecule has 0 aromatic heterocycles. The number of nitrogens with zero attached hydrogens (tertiary/aromatic N) is 1. The van der Waals surface area contributed by atoms with Crippen molar-refractivity contribution in [2.75, 3.05) is 11.9 Å². The van der Waals surface area contributed by atoms with Crippen LogP contribution in [0, 0.1) is 11.3 Å². The van der Waals surface area contributed by atoms with Crippen LogP contribution >= 0.6 is 0 Å². The second-order valence-electron chi connectivity index (χ2n) is 5.72. The van der Waals surface area contributed by atoms with Crippen molar-refractivity contribution in [1.29, 1.82) is 5.26 Å². The summed E-state index contributed by atoms with van der Waals surface area (Å²) in [5, 5.41) is 11.6. The second-order valence-corrected chi connectivity index (χ2v) is 5.72. The van der Waals surface area contributed by atoms with Crippen LogP contribution in [-0.4, -0.2) is 18.5 Å². The molecule has 3 aromatic carbocycles. The van der Waals surface area contributed by atoms with E-state index in [0.717, 1.165) is 0 Å². The minimum atomic E-state index is -0.651. The number of hydrogen-bond donors (Lipinski definition) is 1. The molecule has 0 aliphatic rings. The summed E-state index contributed by atoms with van der Waals surface area (Å²) in [5.41, 5.74) is 0.955. The molecule has 138 valence electrons. The first-order chi connectivity index (χ1) is 13.7. The van der Waals surface area contributed by atoms with Crippen molar-refractivity contribution in [3.63, 3.8) is 0 Å². The van der Waals surface area contributed by atoms with Crippen molar-refractivity contribution >= 4 is 17.6 Å². The van der Waals surface area contributed by atoms with Gasteiger partial charge in [-0.15, -0.1) is 0 Å². The predicted octanol–water partition coefficient (Wildman–Crippen LogP) is 4.15. The highest BCUT2D eigenvalue weighted by Crippen LogP contribution is 2.22. The van der Waals surface area contributed by atoms with Crippen LogP contribution in [0.25, 0.3) is 0 Å². The van der Waals surface area contributed by atoms with E-state index in [9.17, 15) is 9.59 Å². The van der Waals surface area contributed by atoms with Crippen LogP contribution in [0.4, 0.5) is 5.69 Å². The molecule has 0 saturated carbocycles. The van der Waals surface area contributed by atoms with Crippen molar-refractivity contribution in [2.24, 2.45) is 0 Å². The van der Waals surface area contributed by atoms with Crippen LogP contribution in [-0.2, 0) is 9.53 Å². The molecule has 3 rings (SSSR count). The van der Waals surface area contributed by atoms with Crippen LogP contribution in [0.2, 0.25) is 0 Å². The fourth-order valence-corrected chi connectivity index (χ4v) is 2.40. The summed E-state index contributed by atoms with van der Waals surface area (Å²) in [6, 6.07) is 24.2. The summed E-state index contributed by atoms with van der Waals surface area (Å²) in [6.07, 6.45) is 0. The monoisotopic (exact) mass is 372 g/mol. The number of benzene rings is 3. The summed E-state index contributed by atoms with van der Waals surface area (Å²) in [4.78, 5) is 24.2. The Morgan fingerprint density at radius 2 is 1.61 bits per heavy atom. The molecule has 0 radical (unpaired) electrons. The lowest BCUT2D eigenvalue weighted by Crippen LogP contribution is -2.21. The Morgan fingerprint density at radius 3 is 2.39 bits per heavy atom. The summed E-state index contributed by atoms with van der Waals surface area (Å²) >= 11 is 0. The van der Waals surface area contributed by atoms with Gasteiger partial charge in [-0.05, 0) is 42.5 Å². The smallest absolute Gasteiger partial charge is 0.338 e. The lowest BCUT2D eigenvalue weighted by molar-refractivity contribution is -0.119. The number of hydrogen-bond acceptors (Lipinski definition) is 5. The van der Waals surface area contributed by atoms with Gasteiger partial charge in [0.1, 0.15) is 17.6 Å². The Bertz CT molecular complexity index is 1030. The number of carbonyl (C=O) groups is 2. The molecule has 0 saturated heterocycles. The molecule has 0 fully saturated rings. The van der Waals surface area contributed by atoms with E-state index >= 15 is 0 Å². The molecule has 1 N–H and O–H groups in total. The number of nitrogens with one attached hydrogen (secondary N) is 1. The van der Waals surface area contributed by atoms with E-state index in [0.29, 0.717) is 22.7 Å². The average molecular weight is 372 g/mol. The van der Waals surface area contributed by atoms with Crippen molar-refractivity contribution in [3.8, 4) is 17.6 Å². The van der Waals surface area contributed by atoms with E-state index in [1.165, 1.54) is 6.07 Å². The highest BCUT2D eigenvalue weighted by molar-refractivity contribution is 5.96. The zero-order valence-electron chi connectivity index (χ0n) is 14.8. The SMILES string of the molecule is N#Cc1ccccc1NC(=O)COC(=O)c1cccc(Oc2ccccc2)c1. The Labute approximate surface area is 161 Å². The molecule has 0 bridgehead atoms. The van der Waals surface area contributed by atoms with Gasteiger partial charge in [-0.2, -0.15) is 5.26 Å². The molecule has 0 spiro atoms. The number of amides is 1. The van der Waals surface area contributed by atoms with Gasteiger partial charge in [-0.3, -0.25) is 4.79 Å². The van der Waals surface area contributed by atoms with E-state index in [1.807, 2.05) is 24.3 Å². The van der Waals surface area contributed by atoms with E-state index < -0.39 is 18.5 Å². The predicted molar refractivity (Wildman–Crippen MR) is 103 cm³/mol. The molecule has 3 aromatic rings. The molecule has 28 heavy (non-hydrogen) atoms. The second kappa shape index (κ2) is 9.01. The number of carbonyl (C=O) groups excluding carboxylic acids is 2. The maximum atomic E-state index is 12.2. The Balaban J connectivity index is 1.58. The van der Waals surface area contributed by atoms with Crippen LogP contribution < -0.4 is 10.1 Å². The molecule has 0 unspecified atom stereocenters. The fraction of sp³-hybridized carbons (Fsp3) is 0.0455. The van der Waals surface area contributed by atoms with Crippen LogP contribution in [0.15, 0.2) is 78.9 Å². The zero-order valence-corrected chi connectivity index (χ0v) is 14.8. The molecule has 6 nitrogen and oxygen atoms in total. The molecule has 0 heterocycles. The normalized spacial score (nSPS) is 9.82. The van der Waals surface area contributed by atoms with Crippen LogP contribution in [0.1, 0.15) is 15.9 Å². The van der Waals surface area contributed by atoms with E-state index in [-0.39, 0.29) is 5.56 Å². The first-order valence-corrected chi connectivity index (χ1v) is 8.45. The molecular formula is C22H16N2O4. The van der Waals surface area contributed by atoms with Gasteiger partial charge in [0, 0.05) is 0 Å². The Kier molecular flexibility index (Phi) is 6.01. The average Bonchev–Trinajstić information content (AvgIpc) is 2.73. The molecule has 0 aliphatic carbocycles. The van der Waals surface area contributed by atoms with Gasteiger partial charge in [-0.1, -0.05) is 36.4 Å². The largest absolute Gasteiger partial charge is 0.457 e.